The zero-order valence-corrected chi connectivity index (χ0v) is 9.54. The van der Waals surface area contributed by atoms with Crippen LogP contribution in [-0.2, 0) is 4.74 Å². The van der Waals surface area contributed by atoms with Gasteiger partial charge in [-0.15, -0.1) is 0 Å². The molecule has 0 radical (unpaired) electrons. The number of rotatable bonds is 5. The Bertz CT molecular complexity index is 147. The molecule has 14 heavy (non-hydrogen) atoms. The molecule has 1 fully saturated rings. The van der Waals surface area contributed by atoms with Gasteiger partial charge in [-0.25, -0.2) is 0 Å². The SMILES string of the molecule is CCCCCC[C@H]1CC[C@@H](O)[C@H](C)O1. The van der Waals surface area contributed by atoms with Crippen molar-refractivity contribution in [2.24, 2.45) is 0 Å². The zero-order chi connectivity index (χ0) is 10.4. The van der Waals surface area contributed by atoms with Gasteiger partial charge in [-0.1, -0.05) is 32.6 Å². The number of ether oxygens (including phenoxy) is 1. The van der Waals surface area contributed by atoms with E-state index in [9.17, 15) is 5.11 Å². The standard InChI is InChI=1S/C12H24O2/c1-3-4-5-6-7-11-8-9-12(13)10(2)14-11/h10-13H,3-9H2,1-2H3/t10-,11-,12+/m0/s1. The molecular weight excluding hydrogens is 176 g/mol. The highest BCUT2D eigenvalue weighted by Crippen LogP contribution is 2.23. The van der Waals surface area contributed by atoms with Crippen LogP contribution in [-0.4, -0.2) is 23.4 Å². The van der Waals surface area contributed by atoms with Gasteiger partial charge in [0.2, 0.25) is 0 Å². The van der Waals surface area contributed by atoms with Crippen LogP contribution in [0.3, 0.4) is 0 Å². The maximum atomic E-state index is 9.48. The Hall–Kier alpha value is -0.0800. The highest BCUT2D eigenvalue weighted by Gasteiger charge is 2.25. The van der Waals surface area contributed by atoms with E-state index in [0.717, 1.165) is 12.8 Å². The Kier molecular flexibility index (Phi) is 5.49. The number of hydrogen-bond donors (Lipinski definition) is 1. The molecule has 1 heterocycles. The Balaban J connectivity index is 2.07. The molecule has 0 saturated carbocycles. The Morgan fingerprint density at radius 3 is 2.64 bits per heavy atom. The van der Waals surface area contributed by atoms with E-state index in [4.69, 9.17) is 4.74 Å². The molecule has 1 rings (SSSR count). The Labute approximate surface area is 87.7 Å². The summed E-state index contributed by atoms with van der Waals surface area (Å²) >= 11 is 0. The molecule has 1 saturated heterocycles. The minimum atomic E-state index is -0.234. The van der Waals surface area contributed by atoms with Crippen LogP contribution in [0, 0.1) is 0 Å². The van der Waals surface area contributed by atoms with Gasteiger partial charge in [0, 0.05) is 0 Å². The van der Waals surface area contributed by atoms with E-state index >= 15 is 0 Å². The van der Waals surface area contributed by atoms with Crippen LogP contribution in [0.4, 0.5) is 0 Å². The second-order valence-corrected chi connectivity index (χ2v) is 4.46. The highest BCUT2D eigenvalue weighted by atomic mass is 16.5. The van der Waals surface area contributed by atoms with Crippen LogP contribution >= 0.6 is 0 Å². The fourth-order valence-electron chi connectivity index (χ4n) is 2.06. The van der Waals surface area contributed by atoms with Crippen molar-refractivity contribution in [3.8, 4) is 0 Å². The third-order valence-electron chi connectivity index (χ3n) is 3.11. The maximum absolute atomic E-state index is 9.48. The summed E-state index contributed by atoms with van der Waals surface area (Å²) in [7, 11) is 0. The van der Waals surface area contributed by atoms with Gasteiger partial charge in [-0.2, -0.15) is 0 Å². The molecule has 0 aromatic heterocycles. The van der Waals surface area contributed by atoms with Gasteiger partial charge >= 0.3 is 0 Å². The smallest absolute Gasteiger partial charge is 0.0809 e. The molecule has 0 bridgehead atoms. The molecule has 0 aromatic rings. The van der Waals surface area contributed by atoms with Crippen LogP contribution < -0.4 is 0 Å². The molecule has 0 spiro atoms. The normalized spacial score (nSPS) is 33.2. The predicted molar refractivity (Wildman–Crippen MR) is 58.3 cm³/mol. The van der Waals surface area contributed by atoms with E-state index < -0.39 is 0 Å². The lowest BCUT2D eigenvalue weighted by molar-refractivity contribution is -0.110. The van der Waals surface area contributed by atoms with Crippen molar-refractivity contribution in [2.45, 2.75) is 77.1 Å². The fraction of sp³-hybridized carbons (Fsp3) is 1.00. The molecule has 0 unspecified atom stereocenters. The average Bonchev–Trinajstić information content (AvgIpc) is 2.18. The van der Waals surface area contributed by atoms with Crippen LogP contribution in [0.2, 0.25) is 0 Å². The van der Waals surface area contributed by atoms with Gasteiger partial charge in [-0.3, -0.25) is 0 Å². The maximum Gasteiger partial charge on any atom is 0.0809 e. The predicted octanol–water partition coefficient (Wildman–Crippen LogP) is 2.89. The molecule has 1 aliphatic rings. The minimum absolute atomic E-state index is 0.0416. The quantitative estimate of drug-likeness (QED) is 0.691. The fourth-order valence-corrected chi connectivity index (χ4v) is 2.06. The first-order valence-corrected chi connectivity index (χ1v) is 6.07. The van der Waals surface area contributed by atoms with Gasteiger partial charge in [0.1, 0.15) is 0 Å². The molecule has 0 aromatic carbocycles. The van der Waals surface area contributed by atoms with E-state index in [0.29, 0.717) is 6.10 Å². The number of hydrogen-bond acceptors (Lipinski definition) is 2. The molecule has 0 aliphatic carbocycles. The lowest BCUT2D eigenvalue weighted by atomic mass is 9.98. The second kappa shape index (κ2) is 6.41. The van der Waals surface area contributed by atoms with Gasteiger partial charge in [0.05, 0.1) is 18.3 Å². The van der Waals surface area contributed by atoms with Crippen LogP contribution in [0.5, 0.6) is 0 Å². The number of aliphatic hydroxyl groups is 1. The Morgan fingerprint density at radius 2 is 2.00 bits per heavy atom. The summed E-state index contributed by atoms with van der Waals surface area (Å²) in [6.07, 6.45) is 8.58. The minimum Gasteiger partial charge on any atom is -0.390 e. The van der Waals surface area contributed by atoms with Crippen molar-refractivity contribution < 1.29 is 9.84 Å². The zero-order valence-electron chi connectivity index (χ0n) is 9.54. The summed E-state index contributed by atoms with van der Waals surface area (Å²) in [5, 5.41) is 9.48. The molecule has 3 atom stereocenters. The van der Waals surface area contributed by atoms with E-state index in [-0.39, 0.29) is 12.2 Å². The first kappa shape index (κ1) is 12.0. The number of aliphatic hydroxyl groups excluding tert-OH is 1. The third-order valence-corrected chi connectivity index (χ3v) is 3.11. The first-order chi connectivity index (χ1) is 6.74. The van der Waals surface area contributed by atoms with Crippen LogP contribution in [0.15, 0.2) is 0 Å². The molecule has 84 valence electrons. The molecule has 2 heteroatoms. The summed E-state index contributed by atoms with van der Waals surface area (Å²) in [6.45, 7) is 4.21. The molecule has 1 N–H and O–H groups in total. The molecular formula is C12H24O2. The van der Waals surface area contributed by atoms with Crippen LogP contribution in [0.1, 0.15) is 58.8 Å². The van der Waals surface area contributed by atoms with Gasteiger partial charge in [-0.05, 0) is 26.2 Å². The van der Waals surface area contributed by atoms with Crippen molar-refractivity contribution in [2.75, 3.05) is 0 Å². The summed E-state index contributed by atoms with van der Waals surface area (Å²) in [5.41, 5.74) is 0. The summed E-state index contributed by atoms with van der Waals surface area (Å²) in [5.74, 6) is 0. The summed E-state index contributed by atoms with van der Waals surface area (Å²) < 4.78 is 5.73. The van der Waals surface area contributed by atoms with E-state index in [2.05, 4.69) is 6.92 Å². The van der Waals surface area contributed by atoms with E-state index in [1.54, 1.807) is 0 Å². The monoisotopic (exact) mass is 200 g/mol. The summed E-state index contributed by atoms with van der Waals surface area (Å²) in [6, 6.07) is 0. The van der Waals surface area contributed by atoms with E-state index in [1.807, 2.05) is 6.92 Å². The van der Waals surface area contributed by atoms with Gasteiger partial charge in [0.15, 0.2) is 0 Å². The first-order valence-electron chi connectivity index (χ1n) is 6.07. The van der Waals surface area contributed by atoms with Crippen molar-refractivity contribution in [1.29, 1.82) is 0 Å². The van der Waals surface area contributed by atoms with Crippen molar-refractivity contribution in [1.82, 2.24) is 0 Å². The second-order valence-electron chi connectivity index (χ2n) is 4.46. The molecule has 1 aliphatic heterocycles. The van der Waals surface area contributed by atoms with Crippen molar-refractivity contribution in [3.05, 3.63) is 0 Å². The lowest BCUT2D eigenvalue weighted by Crippen LogP contribution is -2.36. The van der Waals surface area contributed by atoms with Crippen molar-refractivity contribution in [3.63, 3.8) is 0 Å². The lowest BCUT2D eigenvalue weighted by Gasteiger charge is -2.31. The Morgan fingerprint density at radius 1 is 1.21 bits per heavy atom. The molecule has 2 nitrogen and oxygen atoms in total. The van der Waals surface area contributed by atoms with Gasteiger partial charge in [0.25, 0.3) is 0 Å². The van der Waals surface area contributed by atoms with Gasteiger partial charge < -0.3 is 9.84 Å². The van der Waals surface area contributed by atoms with Crippen LogP contribution in [0.25, 0.3) is 0 Å². The summed E-state index contributed by atoms with van der Waals surface area (Å²) in [4.78, 5) is 0. The van der Waals surface area contributed by atoms with Crippen molar-refractivity contribution >= 4 is 0 Å². The number of unbranched alkanes of at least 4 members (excludes halogenated alkanes) is 3. The third kappa shape index (κ3) is 3.97. The highest BCUT2D eigenvalue weighted by molar-refractivity contribution is 4.75. The average molecular weight is 200 g/mol. The van der Waals surface area contributed by atoms with E-state index in [1.165, 1.54) is 32.1 Å². The largest absolute Gasteiger partial charge is 0.390 e. The topological polar surface area (TPSA) is 29.5 Å². The molecule has 0 amide bonds.